The third-order valence-electron chi connectivity index (χ3n) is 4.98. The molecule has 0 radical (unpaired) electrons. The molecule has 1 aliphatic rings. The van der Waals surface area contributed by atoms with Crippen molar-refractivity contribution in [1.82, 2.24) is 20.0 Å². The van der Waals surface area contributed by atoms with Crippen LogP contribution in [0.2, 0.25) is 0 Å². The first kappa shape index (κ1) is 19.9. The highest BCUT2D eigenvalue weighted by Crippen LogP contribution is 2.18. The van der Waals surface area contributed by atoms with Crippen molar-refractivity contribution in [2.75, 3.05) is 33.3 Å². The smallest absolute Gasteiger partial charge is 0.308 e. The number of methoxy groups -OCH3 is 1. The number of likely N-dealkylation sites (tertiary alicyclic amines) is 1. The minimum atomic E-state index is -0.1000. The number of nitrogens with zero attached hydrogens (tertiary/aromatic N) is 4. The molecule has 0 amide bonds. The molecule has 1 aliphatic heterocycles. The second kappa shape index (κ2) is 9.92. The maximum absolute atomic E-state index is 11.7. The summed E-state index contributed by atoms with van der Waals surface area (Å²) in [5.74, 6) is 0.825. The lowest BCUT2D eigenvalue weighted by atomic mass is 9.97. The molecule has 3 rings (SSSR count). The Labute approximate surface area is 166 Å². The molecule has 7 nitrogen and oxygen atoms in total. The lowest BCUT2D eigenvalue weighted by Crippen LogP contribution is -2.46. The summed E-state index contributed by atoms with van der Waals surface area (Å²) in [5, 5.41) is 7.81. The van der Waals surface area contributed by atoms with E-state index in [0.29, 0.717) is 6.54 Å². The van der Waals surface area contributed by atoms with Crippen LogP contribution in [0.1, 0.15) is 25.3 Å². The maximum Gasteiger partial charge on any atom is 0.308 e. The van der Waals surface area contributed by atoms with Crippen LogP contribution in [-0.4, -0.2) is 59.9 Å². The number of aliphatic imine (C=N–C) groups is 1. The van der Waals surface area contributed by atoms with Gasteiger partial charge in [0, 0.05) is 32.4 Å². The summed E-state index contributed by atoms with van der Waals surface area (Å²) in [7, 11) is 1.46. The van der Waals surface area contributed by atoms with Crippen LogP contribution in [0.3, 0.4) is 0 Å². The molecule has 1 fully saturated rings. The fourth-order valence-electron chi connectivity index (χ4n) is 3.42. The van der Waals surface area contributed by atoms with Crippen molar-refractivity contribution in [2.24, 2.45) is 10.9 Å². The topological polar surface area (TPSA) is 71.8 Å². The molecule has 7 heteroatoms. The van der Waals surface area contributed by atoms with Gasteiger partial charge in [0.25, 0.3) is 0 Å². The minimum Gasteiger partial charge on any atom is -0.469 e. The summed E-state index contributed by atoms with van der Waals surface area (Å²) >= 11 is 0. The highest BCUT2D eigenvalue weighted by atomic mass is 16.5. The predicted molar refractivity (Wildman–Crippen MR) is 110 cm³/mol. The standard InChI is InChI=1S/C21H29N5O2/c1-3-22-21(25-13-10-18(11-14-25)20(27)28-2)23-12-9-17-15-24-26(16-17)19-7-5-4-6-8-19/h4-8,15-16,18H,3,9-14H2,1-2H3,(H,22,23). The first-order chi connectivity index (χ1) is 13.7. The van der Waals surface area contributed by atoms with Gasteiger partial charge in [-0.3, -0.25) is 9.79 Å². The molecule has 0 atom stereocenters. The van der Waals surface area contributed by atoms with E-state index in [1.807, 2.05) is 41.2 Å². The Kier molecular flexibility index (Phi) is 7.06. The molecule has 1 aromatic heterocycles. The SMILES string of the molecule is CCNC(=NCCc1cnn(-c2ccccc2)c1)N1CCC(C(=O)OC)CC1. The van der Waals surface area contributed by atoms with Crippen molar-refractivity contribution in [3.8, 4) is 5.69 Å². The normalized spacial score (nSPS) is 15.5. The van der Waals surface area contributed by atoms with Gasteiger partial charge in [0.05, 0.1) is 24.9 Å². The highest BCUT2D eigenvalue weighted by Gasteiger charge is 2.26. The van der Waals surface area contributed by atoms with E-state index in [1.54, 1.807) is 0 Å². The Morgan fingerprint density at radius 1 is 1.29 bits per heavy atom. The number of rotatable bonds is 6. The van der Waals surface area contributed by atoms with E-state index in [-0.39, 0.29) is 11.9 Å². The van der Waals surface area contributed by atoms with Gasteiger partial charge in [0.2, 0.25) is 0 Å². The molecule has 2 heterocycles. The zero-order valence-corrected chi connectivity index (χ0v) is 16.7. The predicted octanol–water partition coefficient (Wildman–Crippen LogP) is 2.27. The van der Waals surface area contributed by atoms with Crippen LogP contribution in [0.15, 0.2) is 47.7 Å². The number of aromatic nitrogens is 2. The van der Waals surface area contributed by atoms with Gasteiger partial charge in [-0.2, -0.15) is 5.10 Å². The second-order valence-electron chi connectivity index (χ2n) is 6.90. The van der Waals surface area contributed by atoms with Crippen molar-refractivity contribution < 1.29 is 9.53 Å². The van der Waals surface area contributed by atoms with E-state index in [1.165, 1.54) is 7.11 Å². The number of guanidine groups is 1. The second-order valence-corrected chi connectivity index (χ2v) is 6.90. The largest absolute Gasteiger partial charge is 0.469 e. The lowest BCUT2D eigenvalue weighted by molar-refractivity contribution is -0.146. The zero-order chi connectivity index (χ0) is 19.8. The Balaban J connectivity index is 1.55. The first-order valence-electron chi connectivity index (χ1n) is 9.91. The quantitative estimate of drug-likeness (QED) is 0.471. The number of nitrogens with one attached hydrogen (secondary N) is 1. The molecular formula is C21H29N5O2. The van der Waals surface area contributed by atoms with Crippen molar-refractivity contribution in [3.05, 3.63) is 48.3 Å². The van der Waals surface area contributed by atoms with Gasteiger partial charge in [-0.15, -0.1) is 0 Å². The van der Waals surface area contributed by atoms with Crippen LogP contribution in [-0.2, 0) is 16.0 Å². The summed E-state index contributed by atoms with van der Waals surface area (Å²) in [6, 6.07) is 10.1. The summed E-state index contributed by atoms with van der Waals surface area (Å²) < 4.78 is 6.76. The van der Waals surface area contributed by atoms with Crippen LogP contribution in [0, 0.1) is 5.92 Å². The number of piperidine rings is 1. The Morgan fingerprint density at radius 2 is 2.04 bits per heavy atom. The van der Waals surface area contributed by atoms with Crippen molar-refractivity contribution in [2.45, 2.75) is 26.2 Å². The van der Waals surface area contributed by atoms with Gasteiger partial charge in [-0.1, -0.05) is 18.2 Å². The number of para-hydroxylation sites is 1. The molecule has 0 spiro atoms. The Morgan fingerprint density at radius 3 is 2.71 bits per heavy atom. The van der Waals surface area contributed by atoms with Crippen LogP contribution < -0.4 is 5.32 Å². The number of benzene rings is 1. The monoisotopic (exact) mass is 383 g/mol. The van der Waals surface area contributed by atoms with E-state index in [9.17, 15) is 4.79 Å². The van der Waals surface area contributed by atoms with Crippen molar-refractivity contribution >= 4 is 11.9 Å². The Hall–Kier alpha value is -2.83. The number of hydrogen-bond donors (Lipinski definition) is 1. The Bertz CT molecular complexity index is 779. The van der Waals surface area contributed by atoms with E-state index in [4.69, 9.17) is 9.73 Å². The minimum absolute atomic E-state index is 0.00736. The summed E-state index contributed by atoms with van der Waals surface area (Å²) in [4.78, 5) is 18.7. The number of esters is 1. The molecule has 1 saturated heterocycles. The fourth-order valence-corrected chi connectivity index (χ4v) is 3.42. The van der Waals surface area contributed by atoms with Gasteiger partial charge in [0.1, 0.15) is 0 Å². The highest BCUT2D eigenvalue weighted by molar-refractivity contribution is 5.80. The van der Waals surface area contributed by atoms with Crippen LogP contribution in [0.4, 0.5) is 0 Å². The number of carbonyl (C=O) groups excluding carboxylic acids is 1. The summed E-state index contributed by atoms with van der Waals surface area (Å²) in [6.07, 6.45) is 6.40. The van der Waals surface area contributed by atoms with E-state index in [2.05, 4.69) is 28.4 Å². The fraction of sp³-hybridized carbons (Fsp3) is 0.476. The summed E-state index contributed by atoms with van der Waals surface area (Å²) in [5.41, 5.74) is 2.21. The van der Waals surface area contributed by atoms with E-state index >= 15 is 0 Å². The molecular weight excluding hydrogens is 354 g/mol. The maximum atomic E-state index is 11.7. The van der Waals surface area contributed by atoms with Gasteiger partial charge in [0.15, 0.2) is 5.96 Å². The molecule has 0 bridgehead atoms. The first-order valence-corrected chi connectivity index (χ1v) is 9.91. The molecule has 1 aromatic carbocycles. The van der Waals surface area contributed by atoms with E-state index < -0.39 is 0 Å². The molecule has 0 aliphatic carbocycles. The molecule has 150 valence electrons. The van der Waals surface area contributed by atoms with Gasteiger partial charge < -0.3 is 15.0 Å². The third-order valence-corrected chi connectivity index (χ3v) is 4.98. The molecule has 0 saturated carbocycles. The van der Waals surface area contributed by atoms with Gasteiger partial charge >= 0.3 is 5.97 Å². The van der Waals surface area contributed by atoms with Gasteiger partial charge in [-0.05, 0) is 43.9 Å². The molecule has 28 heavy (non-hydrogen) atoms. The zero-order valence-electron chi connectivity index (χ0n) is 16.7. The lowest BCUT2D eigenvalue weighted by Gasteiger charge is -2.33. The van der Waals surface area contributed by atoms with Crippen LogP contribution >= 0.6 is 0 Å². The summed E-state index contributed by atoms with van der Waals surface area (Å²) in [6.45, 7) is 5.22. The van der Waals surface area contributed by atoms with Crippen molar-refractivity contribution in [3.63, 3.8) is 0 Å². The molecule has 1 N–H and O–H groups in total. The van der Waals surface area contributed by atoms with Gasteiger partial charge in [-0.25, -0.2) is 4.68 Å². The van der Waals surface area contributed by atoms with Crippen molar-refractivity contribution in [1.29, 1.82) is 0 Å². The van der Waals surface area contributed by atoms with E-state index in [0.717, 1.165) is 56.1 Å². The van der Waals surface area contributed by atoms with Crippen LogP contribution in [0.25, 0.3) is 5.69 Å². The number of ether oxygens (including phenoxy) is 1. The number of carbonyl (C=O) groups is 1. The third kappa shape index (κ3) is 5.12. The molecule has 0 unspecified atom stereocenters. The van der Waals surface area contributed by atoms with Crippen LogP contribution in [0.5, 0.6) is 0 Å². The number of hydrogen-bond acceptors (Lipinski definition) is 4. The molecule has 2 aromatic rings. The average molecular weight is 383 g/mol. The average Bonchev–Trinajstić information content (AvgIpc) is 3.22.